The zero-order valence-electron chi connectivity index (χ0n) is 17.6. The number of hydrogen-bond acceptors (Lipinski definition) is 5. The predicted molar refractivity (Wildman–Crippen MR) is 124 cm³/mol. The molecule has 31 heavy (non-hydrogen) atoms. The second-order valence-corrected chi connectivity index (χ2v) is 9.91. The number of amides is 1. The zero-order chi connectivity index (χ0) is 22.4. The monoisotopic (exact) mass is 455 g/mol. The molecule has 0 radical (unpaired) electrons. The highest BCUT2D eigenvalue weighted by atomic mass is 32.2. The second kappa shape index (κ2) is 9.98. The van der Waals surface area contributed by atoms with Crippen molar-refractivity contribution in [2.75, 3.05) is 4.72 Å². The van der Waals surface area contributed by atoms with Crippen LogP contribution >= 0.6 is 11.8 Å². The number of nitrogens with one attached hydrogen (secondary N) is 2. The summed E-state index contributed by atoms with van der Waals surface area (Å²) in [5, 5.41) is 3.66. The van der Waals surface area contributed by atoms with Gasteiger partial charge in [-0.15, -0.1) is 0 Å². The van der Waals surface area contributed by atoms with Gasteiger partial charge in [-0.25, -0.2) is 13.4 Å². The number of aryl methyl sites for hydroxylation is 1. The normalized spacial score (nSPS) is 12.2. The Balaban J connectivity index is 1.64. The smallest absolute Gasteiger partial charge is 0.262 e. The molecule has 2 aromatic carbocycles. The summed E-state index contributed by atoms with van der Waals surface area (Å²) in [6.07, 6.45) is 2.43. The van der Waals surface area contributed by atoms with Crippen molar-refractivity contribution < 1.29 is 13.2 Å². The number of carbonyl (C=O) groups excluding carboxylic acids is 1. The molecule has 0 saturated heterocycles. The van der Waals surface area contributed by atoms with Gasteiger partial charge in [0.05, 0.1) is 10.5 Å². The molecule has 0 saturated carbocycles. The summed E-state index contributed by atoms with van der Waals surface area (Å²) in [4.78, 5) is 17.7. The summed E-state index contributed by atoms with van der Waals surface area (Å²) in [5.74, 6) is -0.135. The summed E-state index contributed by atoms with van der Waals surface area (Å²) < 4.78 is 27.8. The molecule has 8 heteroatoms. The van der Waals surface area contributed by atoms with Crippen molar-refractivity contribution in [3.05, 3.63) is 78.0 Å². The molecule has 0 aliphatic rings. The Morgan fingerprint density at radius 2 is 1.77 bits per heavy atom. The van der Waals surface area contributed by atoms with Crippen LogP contribution in [0, 0.1) is 6.92 Å². The van der Waals surface area contributed by atoms with E-state index in [1.165, 1.54) is 11.8 Å². The number of rotatable bonds is 8. The fourth-order valence-electron chi connectivity index (χ4n) is 2.76. The van der Waals surface area contributed by atoms with Gasteiger partial charge < -0.3 is 5.32 Å². The van der Waals surface area contributed by atoms with Crippen LogP contribution in [0.4, 0.5) is 5.69 Å². The SMILES string of the molecule is CCC(C)NC(=O)c1ccc(Sc2ccc(NS(=O)(=O)c3ccccc3C)cc2)nc1. The maximum absolute atomic E-state index is 12.6. The molecular formula is C23H25N3O3S2. The Kier molecular flexibility index (Phi) is 7.35. The van der Waals surface area contributed by atoms with E-state index in [4.69, 9.17) is 0 Å². The minimum atomic E-state index is -3.65. The van der Waals surface area contributed by atoms with Crippen molar-refractivity contribution in [3.8, 4) is 0 Å². The number of anilines is 1. The van der Waals surface area contributed by atoms with Crippen LogP contribution in [0.3, 0.4) is 0 Å². The fourth-order valence-corrected chi connectivity index (χ4v) is 4.83. The van der Waals surface area contributed by atoms with E-state index in [1.807, 2.05) is 26.0 Å². The van der Waals surface area contributed by atoms with Crippen LogP contribution in [0.1, 0.15) is 36.2 Å². The minimum Gasteiger partial charge on any atom is -0.350 e. The van der Waals surface area contributed by atoms with Gasteiger partial charge in [-0.05, 0) is 68.3 Å². The minimum absolute atomic E-state index is 0.114. The van der Waals surface area contributed by atoms with E-state index >= 15 is 0 Å². The molecule has 2 N–H and O–H groups in total. The molecule has 3 rings (SSSR count). The van der Waals surface area contributed by atoms with Crippen LogP contribution in [-0.4, -0.2) is 25.4 Å². The molecule has 0 spiro atoms. The molecule has 0 aliphatic carbocycles. The molecule has 1 unspecified atom stereocenters. The van der Waals surface area contributed by atoms with Gasteiger partial charge >= 0.3 is 0 Å². The molecule has 1 atom stereocenters. The number of hydrogen-bond donors (Lipinski definition) is 2. The lowest BCUT2D eigenvalue weighted by molar-refractivity contribution is 0.0939. The summed E-state index contributed by atoms with van der Waals surface area (Å²) in [7, 11) is -3.65. The van der Waals surface area contributed by atoms with Crippen molar-refractivity contribution in [2.24, 2.45) is 0 Å². The van der Waals surface area contributed by atoms with Gasteiger partial charge in [0.1, 0.15) is 5.03 Å². The van der Waals surface area contributed by atoms with Gasteiger partial charge in [0, 0.05) is 22.8 Å². The molecule has 3 aromatic rings. The maximum Gasteiger partial charge on any atom is 0.262 e. The van der Waals surface area contributed by atoms with E-state index in [9.17, 15) is 13.2 Å². The van der Waals surface area contributed by atoms with Gasteiger partial charge in [-0.2, -0.15) is 0 Å². The molecule has 1 amide bonds. The molecule has 6 nitrogen and oxygen atoms in total. The lowest BCUT2D eigenvalue weighted by Gasteiger charge is -2.11. The molecular weight excluding hydrogens is 430 g/mol. The maximum atomic E-state index is 12.6. The van der Waals surface area contributed by atoms with Gasteiger partial charge in [0.15, 0.2) is 0 Å². The van der Waals surface area contributed by atoms with Crippen molar-refractivity contribution in [1.82, 2.24) is 10.3 Å². The van der Waals surface area contributed by atoms with Crippen LogP contribution < -0.4 is 10.0 Å². The van der Waals surface area contributed by atoms with Crippen LogP contribution in [0.5, 0.6) is 0 Å². The molecule has 0 fully saturated rings. The van der Waals surface area contributed by atoms with E-state index < -0.39 is 10.0 Å². The number of aromatic nitrogens is 1. The summed E-state index contributed by atoms with van der Waals surface area (Å²) >= 11 is 1.43. The standard InChI is InChI=1S/C23H25N3O3S2/c1-4-17(3)25-23(27)18-9-14-22(24-15-18)30-20-12-10-19(11-13-20)26-31(28,29)21-8-6-5-7-16(21)2/h5-15,17,26H,4H2,1-3H3,(H,25,27). The first-order chi connectivity index (χ1) is 14.8. The third-order valence-electron chi connectivity index (χ3n) is 4.70. The van der Waals surface area contributed by atoms with E-state index in [-0.39, 0.29) is 16.8 Å². The van der Waals surface area contributed by atoms with Gasteiger partial charge in [-0.3, -0.25) is 9.52 Å². The van der Waals surface area contributed by atoms with Crippen LogP contribution in [0.2, 0.25) is 0 Å². The largest absolute Gasteiger partial charge is 0.350 e. The van der Waals surface area contributed by atoms with Crippen LogP contribution in [-0.2, 0) is 10.0 Å². The highest BCUT2D eigenvalue weighted by Gasteiger charge is 2.16. The summed E-state index contributed by atoms with van der Waals surface area (Å²) in [6.45, 7) is 5.74. The first kappa shape index (κ1) is 22.8. The number of benzene rings is 2. The molecule has 1 aromatic heterocycles. The Bertz CT molecular complexity index is 1150. The summed E-state index contributed by atoms with van der Waals surface area (Å²) in [5.41, 5.74) is 1.69. The van der Waals surface area contributed by atoms with Gasteiger partial charge in [0.2, 0.25) is 0 Å². The molecule has 162 valence electrons. The molecule has 0 aliphatic heterocycles. The van der Waals surface area contributed by atoms with Crippen molar-refractivity contribution >= 4 is 33.4 Å². The first-order valence-electron chi connectivity index (χ1n) is 9.92. The van der Waals surface area contributed by atoms with Crippen LogP contribution in [0.25, 0.3) is 0 Å². The van der Waals surface area contributed by atoms with Crippen molar-refractivity contribution in [3.63, 3.8) is 0 Å². The Hall–Kier alpha value is -2.84. The van der Waals surface area contributed by atoms with E-state index in [0.717, 1.165) is 16.3 Å². The van der Waals surface area contributed by atoms with Gasteiger partial charge in [-0.1, -0.05) is 36.9 Å². The van der Waals surface area contributed by atoms with Gasteiger partial charge in [0.25, 0.3) is 15.9 Å². The Labute approximate surface area is 187 Å². The summed E-state index contributed by atoms with van der Waals surface area (Å²) in [6, 6.07) is 17.6. The van der Waals surface area contributed by atoms with Crippen molar-refractivity contribution in [2.45, 2.75) is 48.1 Å². The number of sulfonamides is 1. The highest BCUT2D eigenvalue weighted by Crippen LogP contribution is 2.28. The highest BCUT2D eigenvalue weighted by molar-refractivity contribution is 7.99. The lowest BCUT2D eigenvalue weighted by Crippen LogP contribution is -2.31. The Morgan fingerprint density at radius 1 is 1.06 bits per heavy atom. The van der Waals surface area contributed by atoms with E-state index in [2.05, 4.69) is 15.0 Å². The number of carbonyl (C=O) groups is 1. The second-order valence-electron chi connectivity index (χ2n) is 7.17. The molecule has 0 bridgehead atoms. The predicted octanol–water partition coefficient (Wildman–Crippen LogP) is 4.87. The fraction of sp³-hybridized carbons (Fsp3) is 0.217. The third kappa shape index (κ3) is 6.08. The van der Waals surface area contributed by atoms with E-state index in [0.29, 0.717) is 16.8 Å². The lowest BCUT2D eigenvalue weighted by atomic mass is 10.2. The first-order valence-corrected chi connectivity index (χ1v) is 12.2. The van der Waals surface area contributed by atoms with Crippen molar-refractivity contribution in [1.29, 1.82) is 0 Å². The zero-order valence-corrected chi connectivity index (χ0v) is 19.3. The quantitative estimate of drug-likeness (QED) is 0.506. The Morgan fingerprint density at radius 3 is 2.39 bits per heavy atom. The number of pyridine rings is 1. The van der Waals surface area contributed by atoms with E-state index in [1.54, 1.807) is 61.7 Å². The third-order valence-corrected chi connectivity index (χ3v) is 7.20. The average molecular weight is 456 g/mol. The number of nitrogens with zero attached hydrogens (tertiary/aromatic N) is 1. The topological polar surface area (TPSA) is 88.2 Å². The molecule has 1 heterocycles. The van der Waals surface area contributed by atoms with Crippen LogP contribution in [0.15, 0.2) is 81.7 Å². The average Bonchev–Trinajstić information content (AvgIpc) is 2.75.